The SMILES string of the molecule is CO/N=C(/C)c1oc2ccccc2c1C#N. The topological polar surface area (TPSA) is 58.5 Å². The second-order valence-corrected chi connectivity index (χ2v) is 3.27. The van der Waals surface area contributed by atoms with Crippen LogP contribution in [0.4, 0.5) is 0 Å². The van der Waals surface area contributed by atoms with Crippen LogP contribution >= 0.6 is 0 Å². The molecule has 1 heterocycles. The molecule has 2 aromatic rings. The Morgan fingerprint density at radius 3 is 2.88 bits per heavy atom. The number of hydrogen-bond donors (Lipinski definition) is 0. The van der Waals surface area contributed by atoms with Crippen molar-refractivity contribution in [2.45, 2.75) is 6.92 Å². The van der Waals surface area contributed by atoms with E-state index in [9.17, 15) is 0 Å². The highest BCUT2D eigenvalue weighted by molar-refractivity contribution is 6.03. The van der Waals surface area contributed by atoms with Crippen molar-refractivity contribution in [1.29, 1.82) is 5.26 Å². The summed E-state index contributed by atoms with van der Waals surface area (Å²) in [6.45, 7) is 1.74. The number of rotatable bonds is 2. The largest absolute Gasteiger partial charge is 0.453 e. The Hall–Kier alpha value is -2.28. The monoisotopic (exact) mass is 214 g/mol. The molecule has 0 radical (unpaired) electrons. The molecular formula is C12H10N2O2. The highest BCUT2D eigenvalue weighted by Crippen LogP contribution is 2.25. The quantitative estimate of drug-likeness (QED) is 0.570. The van der Waals surface area contributed by atoms with Crippen molar-refractivity contribution in [2.24, 2.45) is 5.16 Å². The maximum Gasteiger partial charge on any atom is 0.170 e. The van der Waals surface area contributed by atoms with Gasteiger partial charge >= 0.3 is 0 Å². The average molecular weight is 214 g/mol. The van der Waals surface area contributed by atoms with Crippen molar-refractivity contribution in [3.8, 4) is 6.07 Å². The van der Waals surface area contributed by atoms with Crippen molar-refractivity contribution in [3.63, 3.8) is 0 Å². The molecule has 1 aromatic heterocycles. The van der Waals surface area contributed by atoms with Gasteiger partial charge in [0.2, 0.25) is 0 Å². The van der Waals surface area contributed by atoms with Crippen molar-refractivity contribution >= 4 is 16.7 Å². The predicted octanol–water partition coefficient (Wildman–Crippen LogP) is 2.67. The highest BCUT2D eigenvalue weighted by atomic mass is 16.6. The third kappa shape index (κ3) is 1.52. The van der Waals surface area contributed by atoms with Crippen LogP contribution in [0.25, 0.3) is 11.0 Å². The van der Waals surface area contributed by atoms with Gasteiger partial charge in [0.1, 0.15) is 30.0 Å². The van der Waals surface area contributed by atoms with Crippen LogP contribution in [-0.2, 0) is 4.84 Å². The van der Waals surface area contributed by atoms with E-state index in [1.54, 1.807) is 6.92 Å². The number of nitriles is 1. The summed E-state index contributed by atoms with van der Waals surface area (Å²) >= 11 is 0. The molecule has 0 saturated carbocycles. The smallest absolute Gasteiger partial charge is 0.170 e. The van der Waals surface area contributed by atoms with Crippen molar-refractivity contribution in [2.75, 3.05) is 7.11 Å². The molecule has 0 aliphatic carbocycles. The summed E-state index contributed by atoms with van der Waals surface area (Å²) in [6, 6.07) is 9.52. The Labute approximate surface area is 92.7 Å². The van der Waals surface area contributed by atoms with E-state index in [0.717, 1.165) is 5.39 Å². The zero-order valence-electron chi connectivity index (χ0n) is 9.02. The Morgan fingerprint density at radius 2 is 2.19 bits per heavy atom. The van der Waals surface area contributed by atoms with Crippen molar-refractivity contribution in [3.05, 3.63) is 35.6 Å². The van der Waals surface area contributed by atoms with E-state index in [0.29, 0.717) is 22.6 Å². The number of benzene rings is 1. The van der Waals surface area contributed by atoms with Gasteiger partial charge in [-0.2, -0.15) is 5.26 Å². The van der Waals surface area contributed by atoms with Gasteiger partial charge in [-0.1, -0.05) is 17.3 Å². The van der Waals surface area contributed by atoms with Crippen LogP contribution in [0.3, 0.4) is 0 Å². The van der Waals surface area contributed by atoms with E-state index in [1.165, 1.54) is 7.11 Å². The molecule has 4 heteroatoms. The van der Waals surface area contributed by atoms with Crippen LogP contribution in [0.15, 0.2) is 33.8 Å². The molecule has 1 aromatic carbocycles. The second-order valence-electron chi connectivity index (χ2n) is 3.27. The van der Waals surface area contributed by atoms with E-state index in [1.807, 2.05) is 24.3 Å². The summed E-state index contributed by atoms with van der Waals surface area (Å²) in [7, 11) is 1.46. The molecular weight excluding hydrogens is 204 g/mol. The van der Waals surface area contributed by atoms with Crippen LogP contribution in [0.5, 0.6) is 0 Å². The molecule has 0 spiro atoms. The Bertz CT molecular complexity index is 591. The van der Waals surface area contributed by atoms with Gasteiger partial charge in [-0.05, 0) is 19.1 Å². The Kier molecular flexibility index (Phi) is 2.61. The van der Waals surface area contributed by atoms with Crippen LogP contribution in [0.1, 0.15) is 18.2 Å². The summed E-state index contributed by atoms with van der Waals surface area (Å²) in [6.07, 6.45) is 0. The van der Waals surface area contributed by atoms with Gasteiger partial charge in [-0.15, -0.1) is 0 Å². The van der Waals surface area contributed by atoms with E-state index in [-0.39, 0.29) is 0 Å². The first-order valence-corrected chi connectivity index (χ1v) is 4.77. The van der Waals surface area contributed by atoms with E-state index in [2.05, 4.69) is 16.1 Å². The highest BCUT2D eigenvalue weighted by Gasteiger charge is 2.15. The zero-order chi connectivity index (χ0) is 11.5. The molecule has 80 valence electrons. The molecule has 0 unspecified atom stereocenters. The number of nitrogens with zero attached hydrogens (tertiary/aromatic N) is 2. The summed E-state index contributed by atoms with van der Waals surface area (Å²) in [5.74, 6) is 0.463. The number of hydrogen-bond acceptors (Lipinski definition) is 4. The minimum Gasteiger partial charge on any atom is -0.453 e. The van der Waals surface area contributed by atoms with Gasteiger partial charge in [-0.3, -0.25) is 0 Å². The minimum atomic E-state index is 0.463. The van der Waals surface area contributed by atoms with E-state index >= 15 is 0 Å². The van der Waals surface area contributed by atoms with Gasteiger partial charge in [0.15, 0.2) is 5.76 Å². The number of para-hydroxylation sites is 1. The lowest BCUT2D eigenvalue weighted by Crippen LogP contribution is -1.95. The third-order valence-electron chi connectivity index (χ3n) is 2.26. The maximum atomic E-state index is 9.12. The number of furan rings is 1. The molecule has 0 aliphatic rings. The van der Waals surface area contributed by atoms with Crippen molar-refractivity contribution < 1.29 is 9.25 Å². The molecule has 0 atom stereocenters. The Morgan fingerprint density at radius 1 is 1.44 bits per heavy atom. The fourth-order valence-electron chi connectivity index (χ4n) is 1.59. The van der Waals surface area contributed by atoms with Crippen LogP contribution < -0.4 is 0 Å². The molecule has 4 nitrogen and oxygen atoms in total. The minimum absolute atomic E-state index is 0.463. The van der Waals surface area contributed by atoms with Crippen molar-refractivity contribution in [1.82, 2.24) is 0 Å². The molecule has 2 rings (SSSR count). The number of fused-ring (bicyclic) bond motifs is 1. The van der Waals surface area contributed by atoms with Gasteiger partial charge in [0.25, 0.3) is 0 Å². The molecule has 0 saturated heterocycles. The van der Waals surface area contributed by atoms with E-state index in [4.69, 9.17) is 9.68 Å². The van der Waals surface area contributed by atoms with Gasteiger partial charge in [0.05, 0.1) is 0 Å². The predicted molar refractivity (Wildman–Crippen MR) is 60.1 cm³/mol. The first kappa shape index (κ1) is 10.2. The molecule has 0 fully saturated rings. The summed E-state index contributed by atoms with van der Waals surface area (Å²) in [5, 5.41) is 13.7. The molecule has 16 heavy (non-hydrogen) atoms. The van der Waals surface area contributed by atoms with Crippen LogP contribution in [-0.4, -0.2) is 12.8 Å². The van der Waals surface area contributed by atoms with Crippen LogP contribution in [0.2, 0.25) is 0 Å². The molecule has 0 N–H and O–H groups in total. The first-order valence-electron chi connectivity index (χ1n) is 4.77. The fourth-order valence-corrected chi connectivity index (χ4v) is 1.59. The van der Waals surface area contributed by atoms with E-state index < -0.39 is 0 Å². The first-order chi connectivity index (χ1) is 7.77. The average Bonchev–Trinajstić information content (AvgIpc) is 2.67. The third-order valence-corrected chi connectivity index (χ3v) is 2.26. The molecule has 0 aliphatic heterocycles. The maximum absolute atomic E-state index is 9.12. The lowest BCUT2D eigenvalue weighted by Gasteiger charge is -1.94. The molecule has 0 amide bonds. The summed E-state index contributed by atoms with van der Waals surface area (Å²) in [4.78, 5) is 4.67. The standard InChI is InChI=1S/C12H10N2O2/c1-8(14-15-2)12-10(7-13)9-5-3-4-6-11(9)16-12/h3-6H,1-2H3/b14-8-. The van der Waals surface area contributed by atoms with Gasteiger partial charge in [-0.25, -0.2) is 0 Å². The summed E-state index contributed by atoms with van der Waals surface area (Å²) in [5.41, 5.74) is 1.73. The van der Waals surface area contributed by atoms with Gasteiger partial charge in [0, 0.05) is 5.39 Å². The van der Waals surface area contributed by atoms with Gasteiger partial charge < -0.3 is 9.25 Å². The summed E-state index contributed by atoms with van der Waals surface area (Å²) < 4.78 is 5.57. The fraction of sp³-hybridized carbons (Fsp3) is 0.167. The lowest BCUT2D eigenvalue weighted by atomic mass is 10.1. The zero-order valence-corrected chi connectivity index (χ0v) is 9.02. The second kappa shape index (κ2) is 4.07. The Balaban J connectivity index is 2.71. The van der Waals surface area contributed by atoms with Crippen LogP contribution in [0, 0.1) is 11.3 Å². The molecule has 0 bridgehead atoms. The normalized spacial score (nSPS) is 11.4. The number of oxime groups is 1. The lowest BCUT2D eigenvalue weighted by molar-refractivity contribution is 0.213.